The number of hydrogen-bond acceptors (Lipinski definition) is 2. The molecule has 1 N–H and O–H groups in total. The van der Waals surface area contributed by atoms with Crippen LogP contribution in [0.2, 0.25) is 0 Å². The van der Waals surface area contributed by atoms with Gasteiger partial charge in [-0.15, -0.1) is 0 Å². The minimum atomic E-state index is -0.134. The third-order valence-electron chi connectivity index (χ3n) is 3.62. The van der Waals surface area contributed by atoms with Crippen LogP contribution in [0.3, 0.4) is 0 Å². The van der Waals surface area contributed by atoms with E-state index in [4.69, 9.17) is 4.74 Å². The SMILES string of the molecule is COCCCCC1(c2cccc(F)c2)CNC1. The first-order valence-corrected chi connectivity index (χ1v) is 6.23. The van der Waals surface area contributed by atoms with E-state index in [-0.39, 0.29) is 11.2 Å². The van der Waals surface area contributed by atoms with Gasteiger partial charge in [-0.1, -0.05) is 18.6 Å². The van der Waals surface area contributed by atoms with Gasteiger partial charge < -0.3 is 10.1 Å². The molecule has 0 bridgehead atoms. The molecule has 0 atom stereocenters. The third-order valence-corrected chi connectivity index (χ3v) is 3.62. The zero-order valence-electron chi connectivity index (χ0n) is 10.3. The first-order valence-electron chi connectivity index (χ1n) is 6.23. The minimum Gasteiger partial charge on any atom is -0.385 e. The normalized spacial score (nSPS) is 17.8. The van der Waals surface area contributed by atoms with Crippen molar-refractivity contribution in [3.8, 4) is 0 Å². The Kier molecular flexibility index (Phi) is 4.13. The third kappa shape index (κ3) is 2.85. The zero-order valence-corrected chi connectivity index (χ0v) is 10.3. The number of unbranched alkanes of at least 4 members (excludes halogenated alkanes) is 1. The van der Waals surface area contributed by atoms with Crippen LogP contribution in [0.15, 0.2) is 24.3 Å². The number of methoxy groups -OCH3 is 1. The molecular formula is C14H20FNO. The van der Waals surface area contributed by atoms with Crippen molar-refractivity contribution in [2.24, 2.45) is 0 Å². The quantitative estimate of drug-likeness (QED) is 0.767. The van der Waals surface area contributed by atoms with E-state index in [1.54, 1.807) is 19.2 Å². The lowest BCUT2D eigenvalue weighted by atomic mass is 9.71. The average Bonchev–Trinajstić information content (AvgIpc) is 2.27. The molecule has 0 amide bonds. The molecule has 0 unspecified atom stereocenters. The Morgan fingerprint density at radius 1 is 1.35 bits per heavy atom. The fraction of sp³-hybridized carbons (Fsp3) is 0.571. The molecule has 3 heteroatoms. The summed E-state index contributed by atoms with van der Waals surface area (Å²) in [5, 5.41) is 3.31. The monoisotopic (exact) mass is 237 g/mol. The van der Waals surface area contributed by atoms with Gasteiger partial charge in [0.1, 0.15) is 5.82 Å². The topological polar surface area (TPSA) is 21.3 Å². The van der Waals surface area contributed by atoms with Crippen LogP contribution in [0, 0.1) is 5.82 Å². The average molecular weight is 237 g/mol. The van der Waals surface area contributed by atoms with Crippen molar-refractivity contribution < 1.29 is 9.13 Å². The molecule has 1 fully saturated rings. The van der Waals surface area contributed by atoms with E-state index in [9.17, 15) is 4.39 Å². The maximum absolute atomic E-state index is 13.3. The van der Waals surface area contributed by atoms with E-state index in [0.717, 1.165) is 44.5 Å². The molecular weight excluding hydrogens is 217 g/mol. The molecule has 94 valence electrons. The summed E-state index contributed by atoms with van der Waals surface area (Å²) >= 11 is 0. The summed E-state index contributed by atoms with van der Waals surface area (Å²) in [6.07, 6.45) is 3.31. The van der Waals surface area contributed by atoms with Gasteiger partial charge in [0.15, 0.2) is 0 Å². The Labute approximate surface area is 102 Å². The van der Waals surface area contributed by atoms with Crippen LogP contribution in [0.5, 0.6) is 0 Å². The highest BCUT2D eigenvalue weighted by Gasteiger charge is 2.37. The van der Waals surface area contributed by atoms with Gasteiger partial charge in [-0.3, -0.25) is 0 Å². The molecule has 1 saturated heterocycles. The van der Waals surface area contributed by atoms with E-state index in [2.05, 4.69) is 5.32 Å². The Balaban J connectivity index is 1.99. The predicted molar refractivity (Wildman–Crippen MR) is 66.7 cm³/mol. The Morgan fingerprint density at radius 2 is 2.18 bits per heavy atom. The number of ether oxygens (including phenoxy) is 1. The van der Waals surface area contributed by atoms with Gasteiger partial charge in [-0.05, 0) is 30.5 Å². The van der Waals surface area contributed by atoms with Crippen molar-refractivity contribution >= 4 is 0 Å². The molecule has 2 nitrogen and oxygen atoms in total. The summed E-state index contributed by atoms with van der Waals surface area (Å²) in [5.41, 5.74) is 1.28. The van der Waals surface area contributed by atoms with Crippen LogP contribution >= 0.6 is 0 Å². The standard InChI is InChI=1S/C14H20FNO/c1-17-8-3-2-7-14(10-16-11-14)12-5-4-6-13(15)9-12/h4-6,9,16H,2-3,7-8,10-11H2,1H3. The first kappa shape index (κ1) is 12.5. The predicted octanol–water partition coefficient (Wildman–Crippen LogP) is 2.48. The number of benzene rings is 1. The second-order valence-corrected chi connectivity index (χ2v) is 4.84. The Morgan fingerprint density at radius 3 is 2.76 bits per heavy atom. The molecule has 0 aromatic heterocycles. The van der Waals surface area contributed by atoms with Crippen LogP contribution < -0.4 is 5.32 Å². The minimum absolute atomic E-state index is 0.134. The summed E-state index contributed by atoms with van der Waals surface area (Å²) < 4.78 is 18.3. The molecule has 1 aromatic carbocycles. The molecule has 1 aromatic rings. The van der Waals surface area contributed by atoms with Crippen LogP contribution in [-0.4, -0.2) is 26.8 Å². The summed E-state index contributed by atoms with van der Waals surface area (Å²) in [6.45, 7) is 2.74. The van der Waals surface area contributed by atoms with Crippen molar-refractivity contribution in [2.75, 3.05) is 26.8 Å². The van der Waals surface area contributed by atoms with Crippen LogP contribution in [0.1, 0.15) is 24.8 Å². The maximum Gasteiger partial charge on any atom is 0.123 e. The summed E-state index contributed by atoms with van der Waals surface area (Å²) in [7, 11) is 1.73. The number of halogens is 1. The maximum atomic E-state index is 13.3. The van der Waals surface area contributed by atoms with Crippen molar-refractivity contribution in [3.05, 3.63) is 35.6 Å². The van der Waals surface area contributed by atoms with Crippen molar-refractivity contribution in [2.45, 2.75) is 24.7 Å². The second kappa shape index (κ2) is 5.61. The van der Waals surface area contributed by atoms with Crippen LogP contribution in [0.4, 0.5) is 4.39 Å². The van der Waals surface area contributed by atoms with Crippen molar-refractivity contribution in [1.29, 1.82) is 0 Å². The van der Waals surface area contributed by atoms with E-state index < -0.39 is 0 Å². The lowest BCUT2D eigenvalue weighted by Gasteiger charge is -2.43. The number of nitrogens with one attached hydrogen (secondary N) is 1. The Bertz CT molecular complexity index is 363. The largest absolute Gasteiger partial charge is 0.385 e. The molecule has 0 aliphatic carbocycles. The van der Waals surface area contributed by atoms with Crippen LogP contribution in [-0.2, 0) is 10.2 Å². The Hall–Kier alpha value is -0.930. The van der Waals surface area contributed by atoms with Gasteiger partial charge in [-0.2, -0.15) is 0 Å². The lowest BCUT2D eigenvalue weighted by Crippen LogP contribution is -2.56. The van der Waals surface area contributed by atoms with Gasteiger partial charge in [0, 0.05) is 32.2 Å². The fourth-order valence-corrected chi connectivity index (χ4v) is 2.48. The van der Waals surface area contributed by atoms with E-state index in [1.807, 2.05) is 6.07 Å². The molecule has 0 radical (unpaired) electrons. The zero-order chi connectivity index (χ0) is 12.1. The highest BCUT2D eigenvalue weighted by molar-refractivity contribution is 5.30. The smallest absolute Gasteiger partial charge is 0.123 e. The molecule has 1 aliphatic rings. The van der Waals surface area contributed by atoms with Gasteiger partial charge in [-0.25, -0.2) is 4.39 Å². The lowest BCUT2D eigenvalue weighted by molar-refractivity contribution is 0.181. The second-order valence-electron chi connectivity index (χ2n) is 4.84. The number of rotatable bonds is 6. The van der Waals surface area contributed by atoms with E-state index >= 15 is 0 Å². The van der Waals surface area contributed by atoms with E-state index in [1.165, 1.54) is 6.07 Å². The highest BCUT2D eigenvalue weighted by Crippen LogP contribution is 2.34. The molecule has 1 heterocycles. The van der Waals surface area contributed by atoms with Gasteiger partial charge in [0.25, 0.3) is 0 Å². The molecule has 1 aliphatic heterocycles. The highest BCUT2D eigenvalue weighted by atomic mass is 19.1. The number of hydrogen-bond donors (Lipinski definition) is 1. The summed E-state index contributed by atoms with van der Waals surface area (Å²) in [4.78, 5) is 0. The molecule has 17 heavy (non-hydrogen) atoms. The van der Waals surface area contributed by atoms with Gasteiger partial charge in [0.05, 0.1) is 0 Å². The van der Waals surface area contributed by atoms with E-state index in [0.29, 0.717) is 0 Å². The van der Waals surface area contributed by atoms with Crippen molar-refractivity contribution in [3.63, 3.8) is 0 Å². The summed E-state index contributed by atoms with van der Waals surface area (Å²) in [5.74, 6) is -0.134. The summed E-state index contributed by atoms with van der Waals surface area (Å²) in [6, 6.07) is 7.03. The molecule has 2 rings (SSSR count). The van der Waals surface area contributed by atoms with Gasteiger partial charge in [0.2, 0.25) is 0 Å². The first-order chi connectivity index (χ1) is 8.27. The fourth-order valence-electron chi connectivity index (χ4n) is 2.48. The van der Waals surface area contributed by atoms with Gasteiger partial charge >= 0.3 is 0 Å². The molecule has 0 spiro atoms. The van der Waals surface area contributed by atoms with Crippen molar-refractivity contribution in [1.82, 2.24) is 5.32 Å². The molecule has 0 saturated carbocycles. The van der Waals surface area contributed by atoms with Crippen LogP contribution in [0.25, 0.3) is 0 Å².